The first-order chi connectivity index (χ1) is 15.3. The number of rotatable bonds is 5. The number of anilines is 1. The van der Waals surface area contributed by atoms with Crippen LogP contribution in [0, 0.1) is 22.7 Å². The number of nitrogens with zero attached hydrogens (tertiary/aromatic N) is 5. The van der Waals surface area contributed by atoms with E-state index in [1.165, 1.54) is 21.0 Å². The zero-order chi connectivity index (χ0) is 22.9. The van der Waals surface area contributed by atoms with E-state index in [9.17, 15) is 10.1 Å². The second kappa shape index (κ2) is 9.04. The summed E-state index contributed by atoms with van der Waals surface area (Å²) in [4.78, 5) is 16.3. The van der Waals surface area contributed by atoms with Crippen molar-refractivity contribution in [1.82, 2.24) is 20.2 Å². The number of amides is 1. The minimum Gasteiger partial charge on any atom is -0.315 e. The lowest BCUT2D eigenvalue weighted by molar-refractivity contribution is -0.117. The number of tetrazole rings is 1. The van der Waals surface area contributed by atoms with Crippen LogP contribution in [0.1, 0.15) is 43.2 Å². The number of fused-ring (bicyclic) bond motifs is 1. The van der Waals surface area contributed by atoms with Crippen molar-refractivity contribution in [3.8, 4) is 17.5 Å². The molecular weight excluding hydrogens is 440 g/mol. The van der Waals surface area contributed by atoms with E-state index in [1.54, 1.807) is 11.8 Å². The first kappa shape index (κ1) is 22.5. The molecule has 9 heteroatoms. The number of nitrogens with one attached hydrogen (secondary N) is 1. The van der Waals surface area contributed by atoms with Crippen LogP contribution in [0.2, 0.25) is 0 Å². The molecule has 0 spiro atoms. The van der Waals surface area contributed by atoms with Gasteiger partial charge in [0.25, 0.3) is 0 Å². The molecule has 1 aromatic carbocycles. The highest BCUT2D eigenvalue weighted by atomic mass is 32.2. The predicted molar refractivity (Wildman–Crippen MR) is 128 cm³/mol. The first-order valence-electron chi connectivity index (χ1n) is 10.5. The smallest absolute Gasteiger partial charge is 0.248 e. The van der Waals surface area contributed by atoms with E-state index < -0.39 is 0 Å². The Balaban J connectivity index is 1.45. The molecule has 0 radical (unpaired) electrons. The van der Waals surface area contributed by atoms with Crippen LogP contribution in [0.3, 0.4) is 0 Å². The number of thioether (sulfide) groups is 1. The number of thiophene rings is 1. The van der Waals surface area contributed by atoms with Gasteiger partial charge in [0.1, 0.15) is 17.6 Å². The second-order valence-corrected chi connectivity index (χ2v) is 11.0. The lowest BCUT2D eigenvalue weighted by Gasteiger charge is -2.33. The van der Waals surface area contributed by atoms with Gasteiger partial charge in [0, 0.05) is 15.3 Å². The topological polar surface area (TPSA) is 96.5 Å². The highest BCUT2D eigenvalue weighted by Gasteiger charge is 2.32. The van der Waals surface area contributed by atoms with Crippen LogP contribution in [0.4, 0.5) is 5.00 Å². The number of benzene rings is 1. The number of nitriles is 1. The van der Waals surface area contributed by atoms with Crippen molar-refractivity contribution in [3.05, 3.63) is 40.3 Å². The molecule has 1 N–H and O–H groups in total. The van der Waals surface area contributed by atoms with Gasteiger partial charge in [-0.25, -0.2) is 0 Å². The molecule has 4 rings (SSSR count). The summed E-state index contributed by atoms with van der Waals surface area (Å²) in [6.45, 7) is 6.73. The maximum Gasteiger partial charge on any atom is 0.248 e. The van der Waals surface area contributed by atoms with Crippen molar-refractivity contribution < 1.29 is 4.79 Å². The minimum atomic E-state index is -0.269. The number of hydrogen-bond acceptors (Lipinski definition) is 7. The Bertz CT molecular complexity index is 1170. The van der Waals surface area contributed by atoms with Crippen molar-refractivity contribution in [2.24, 2.45) is 11.3 Å². The molecule has 3 aromatic rings. The van der Waals surface area contributed by atoms with Crippen LogP contribution < -0.4 is 5.32 Å². The minimum absolute atomic E-state index is 0.0616. The Hall–Kier alpha value is -2.70. The Morgan fingerprint density at radius 3 is 2.75 bits per heavy atom. The van der Waals surface area contributed by atoms with Crippen LogP contribution in [0.25, 0.3) is 11.4 Å². The molecular formula is C23H26N6OS2. The number of hydrogen-bond donors (Lipinski definition) is 1. The summed E-state index contributed by atoms with van der Waals surface area (Å²) in [6.07, 6.45) is 4.93. The van der Waals surface area contributed by atoms with Gasteiger partial charge in [0.05, 0.1) is 5.56 Å². The van der Waals surface area contributed by atoms with E-state index in [-0.39, 0.29) is 17.9 Å². The average Bonchev–Trinajstić information content (AvgIpc) is 3.36. The standard InChI is InChI=1S/C23H26N6OS2/c1-23(2,3)15-7-10-17-18(12-24)22(32-19(17)11-15)25-20(30)13-29-27-21(26-28-29)14-5-8-16(31-4)9-6-14/h5-6,8-9,15H,7,10-11,13H2,1-4H3,(H,25,30). The molecule has 1 atom stereocenters. The molecule has 0 saturated carbocycles. The van der Waals surface area contributed by atoms with Gasteiger partial charge in [-0.3, -0.25) is 4.79 Å². The fourth-order valence-electron chi connectivity index (χ4n) is 3.99. The van der Waals surface area contributed by atoms with E-state index in [2.05, 4.69) is 47.6 Å². The van der Waals surface area contributed by atoms with Crippen LogP contribution in [0.15, 0.2) is 29.2 Å². The average molecular weight is 467 g/mol. The summed E-state index contributed by atoms with van der Waals surface area (Å²) in [6, 6.07) is 10.2. The summed E-state index contributed by atoms with van der Waals surface area (Å²) in [5.41, 5.74) is 2.78. The zero-order valence-electron chi connectivity index (χ0n) is 18.7. The van der Waals surface area contributed by atoms with E-state index in [0.29, 0.717) is 22.3 Å². The SMILES string of the molecule is CSc1ccc(-c2nnn(CC(=O)Nc3sc4c(c3C#N)CCC(C(C)(C)C)C4)n2)cc1. The molecule has 0 fully saturated rings. The summed E-state index contributed by atoms with van der Waals surface area (Å²) in [5, 5.41) is 25.7. The second-order valence-electron chi connectivity index (χ2n) is 9.05. The quantitative estimate of drug-likeness (QED) is 0.543. The largest absolute Gasteiger partial charge is 0.315 e. The van der Waals surface area contributed by atoms with E-state index in [0.717, 1.165) is 35.3 Å². The summed E-state index contributed by atoms with van der Waals surface area (Å²) < 4.78 is 0. The summed E-state index contributed by atoms with van der Waals surface area (Å²) in [7, 11) is 0. The van der Waals surface area contributed by atoms with E-state index in [4.69, 9.17) is 0 Å². The van der Waals surface area contributed by atoms with Gasteiger partial charge >= 0.3 is 0 Å². The van der Waals surface area contributed by atoms with Crippen LogP contribution in [0.5, 0.6) is 0 Å². The zero-order valence-corrected chi connectivity index (χ0v) is 20.3. The molecule has 0 aliphatic heterocycles. The Morgan fingerprint density at radius 2 is 2.09 bits per heavy atom. The van der Waals surface area contributed by atoms with Crippen molar-refractivity contribution in [1.29, 1.82) is 5.26 Å². The van der Waals surface area contributed by atoms with Gasteiger partial charge in [-0.15, -0.1) is 33.3 Å². The predicted octanol–water partition coefficient (Wildman–Crippen LogP) is 4.78. The maximum absolute atomic E-state index is 12.7. The van der Waals surface area contributed by atoms with Gasteiger partial charge in [-0.05, 0) is 71.9 Å². The third-order valence-electron chi connectivity index (χ3n) is 5.94. The summed E-state index contributed by atoms with van der Waals surface area (Å²) >= 11 is 3.19. The molecule has 7 nitrogen and oxygen atoms in total. The molecule has 2 aromatic heterocycles. The highest BCUT2D eigenvalue weighted by molar-refractivity contribution is 7.98. The van der Waals surface area contributed by atoms with Gasteiger partial charge in [-0.2, -0.15) is 10.1 Å². The highest BCUT2D eigenvalue weighted by Crippen LogP contribution is 2.44. The van der Waals surface area contributed by atoms with Gasteiger partial charge in [0.15, 0.2) is 0 Å². The Morgan fingerprint density at radius 1 is 1.34 bits per heavy atom. The van der Waals surface area contributed by atoms with Crippen molar-refractivity contribution in [2.75, 3.05) is 11.6 Å². The molecule has 1 aliphatic rings. The van der Waals surface area contributed by atoms with Crippen molar-refractivity contribution >= 4 is 34.0 Å². The third kappa shape index (κ3) is 4.71. The van der Waals surface area contributed by atoms with Gasteiger partial charge in [0.2, 0.25) is 11.7 Å². The first-order valence-corrected chi connectivity index (χ1v) is 12.6. The van der Waals surface area contributed by atoms with Gasteiger partial charge < -0.3 is 5.32 Å². The van der Waals surface area contributed by atoms with Crippen molar-refractivity contribution in [2.45, 2.75) is 51.5 Å². The lowest BCUT2D eigenvalue weighted by Crippen LogP contribution is -2.26. The molecule has 0 bridgehead atoms. The van der Waals surface area contributed by atoms with E-state index >= 15 is 0 Å². The molecule has 2 heterocycles. The van der Waals surface area contributed by atoms with Crippen LogP contribution >= 0.6 is 23.1 Å². The van der Waals surface area contributed by atoms with Crippen LogP contribution in [-0.4, -0.2) is 32.4 Å². The van der Waals surface area contributed by atoms with E-state index in [1.807, 2.05) is 30.5 Å². The fraction of sp³-hybridized carbons (Fsp3) is 0.435. The maximum atomic E-state index is 12.7. The Labute approximate surface area is 196 Å². The third-order valence-corrected chi connectivity index (χ3v) is 7.85. The number of carbonyl (C=O) groups excluding carboxylic acids is 1. The monoisotopic (exact) mass is 466 g/mol. The lowest BCUT2D eigenvalue weighted by atomic mass is 9.72. The van der Waals surface area contributed by atoms with Crippen LogP contribution in [-0.2, 0) is 24.2 Å². The molecule has 166 valence electrons. The number of carbonyl (C=O) groups is 1. The normalized spacial score (nSPS) is 15.8. The van der Waals surface area contributed by atoms with Gasteiger partial charge in [-0.1, -0.05) is 20.8 Å². The molecule has 1 unspecified atom stereocenters. The molecule has 1 aliphatic carbocycles. The molecule has 1 amide bonds. The molecule has 32 heavy (non-hydrogen) atoms. The number of aromatic nitrogens is 4. The van der Waals surface area contributed by atoms with Crippen molar-refractivity contribution in [3.63, 3.8) is 0 Å². The molecule has 0 saturated heterocycles. The summed E-state index contributed by atoms with van der Waals surface area (Å²) in [5.74, 6) is 0.781. The fourth-order valence-corrected chi connectivity index (χ4v) is 5.69. The Kier molecular flexibility index (Phi) is 6.35.